The van der Waals surface area contributed by atoms with Gasteiger partial charge in [-0.05, 0) is 10.1 Å². The molecule has 1 unspecified atom stereocenters. The third-order valence-corrected chi connectivity index (χ3v) is 21.5. The molecule has 0 fully saturated rings. The summed E-state index contributed by atoms with van der Waals surface area (Å²) in [6.07, 6.45) is 0. The molecule has 0 aromatic heterocycles. The highest BCUT2D eigenvalue weighted by molar-refractivity contribution is 7.80. The van der Waals surface area contributed by atoms with E-state index in [1.54, 1.807) is 0 Å². The summed E-state index contributed by atoms with van der Waals surface area (Å²) in [5, 5.41) is 0.0607. The minimum absolute atomic E-state index is 0.0303. The van der Waals surface area contributed by atoms with E-state index in [1.807, 2.05) is 3.64 Å². The van der Waals surface area contributed by atoms with E-state index < -0.39 is 27.7 Å². The summed E-state index contributed by atoms with van der Waals surface area (Å²) in [4.78, 5) is 0. The molecule has 0 heterocycles. The van der Waals surface area contributed by atoms with Crippen LogP contribution in [0.1, 0.15) is 41.5 Å². The third kappa shape index (κ3) is 3.33. The van der Waals surface area contributed by atoms with Gasteiger partial charge in [-0.1, -0.05) is 67.7 Å². The zero-order chi connectivity index (χ0) is 15.2. The molecular weight excluding hydrogens is 278 g/mol. The third-order valence-electron chi connectivity index (χ3n) is 4.84. The first-order chi connectivity index (χ1) is 7.57. The molecule has 0 aromatic rings. The number of hydrogen-bond donors (Lipinski definition) is 0. The van der Waals surface area contributed by atoms with Crippen molar-refractivity contribution in [1.82, 2.24) is 3.64 Å². The second-order valence-corrected chi connectivity index (χ2v) is 20.2. The largest absolute Gasteiger partial charge is 0.761 e. The van der Waals surface area contributed by atoms with Crippen LogP contribution in [0.5, 0.6) is 0 Å². The molecule has 0 aliphatic carbocycles. The van der Waals surface area contributed by atoms with Crippen LogP contribution in [0.3, 0.4) is 0 Å². The van der Waals surface area contributed by atoms with Crippen LogP contribution < -0.4 is 0 Å². The van der Waals surface area contributed by atoms with Gasteiger partial charge in [0.05, 0.1) is 0 Å². The Morgan fingerprint density at radius 3 is 1.17 bits per heavy atom. The Morgan fingerprint density at radius 2 is 1.06 bits per heavy atom. The molecule has 0 N–H and O–H groups in total. The zero-order valence-electron chi connectivity index (χ0n) is 13.7. The van der Waals surface area contributed by atoms with Crippen molar-refractivity contribution in [3.8, 4) is 0 Å². The van der Waals surface area contributed by atoms with Gasteiger partial charge in [-0.15, -0.1) is 0 Å². The lowest BCUT2D eigenvalue weighted by Crippen LogP contribution is -2.68. The van der Waals surface area contributed by atoms with E-state index in [9.17, 15) is 8.76 Å². The van der Waals surface area contributed by atoms with E-state index in [1.165, 1.54) is 0 Å². The zero-order valence-corrected chi connectivity index (χ0v) is 16.5. The molecule has 0 aliphatic rings. The molecule has 6 heteroatoms. The Hall–Kier alpha value is 0.504. The molecule has 0 aromatic carbocycles. The first-order valence-corrected chi connectivity index (χ1v) is 13.4. The molecule has 0 bridgehead atoms. The average molecular weight is 309 g/mol. The lowest BCUT2D eigenvalue weighted by atomic mass is 10.2. The van der Waals surface area contributed by atoms with Crippen LogP contribution in [0.2, 0.25) is 36.3 Å². The van der Waals surface area contributed by atoms with E-state index in [0.717, 1.165) is 0 Å². The molecule has 0 radical (unpaired) electrons. The van der Waals surface area contributed by atoms with Crippen LogP contribution >= 0.6 is 0 Å². The average Bonchev–Trinajstić information content (AvgIpc) is 1.96. The highest BCUT2D eigenvalue weighted by Crippen LogP contribution is 2.47. The summed E-state index contributed by atoms with van der Waals surface area (Å²) < 4.78 is 25.7. The quantitative estimate of drug-likeness (QED) is 0.582. The molecule has 1 atom stereocenters. The maximum absolute atomic E-state index is 11.9. The van der Waals surface area contributed by atoms with Crippen molar-refractivity contribution in [2.45, 2.75) is 77.8 Å². The fourth-order valence-corrected chi connectivity index (χ4v) is 15.1. The molecule has 0 saturated heterocycles. The van der Waals surface area contributed by atoms with Crippen LogP contribution in [0.4, 0.5) is 0 Å². The van der Waals surface area contributed by atoms with Gasteiger partial charge in [-0.2, -0.15) is 0 Å². The van der Waals surface area contributed by atoms with Crippen LogP contribution in [0.25, 0.3) is 0 Å². The Bertz CT molecular complexity index is 304. The normalized spacial score (nSPS) is 17.1. The lowest BCUT2D eigenvalue weighted by molar-refractivity contribution is 0.498. The Balaban J connectivity index is 5.85. The number of hydrogen-bond acceptors (Lipinski definition) is 2. The summed E-state index contributed by atoms with van der Waals surface area (Å²) in [5.74, 6) is 0. The lowest BCUT2D eigenvalue weighted by Gasteiger charge is -2.56. The Labute approximate surface area is 118 Å². The van der Waals surface area contributed by atoms with Gasteiger partial charge in [-0.25, -0.2) is 0 Å². The number of rotatable bonds is 3. The summed E-state index contributed by atoms with van der Waals surface area (Å²) in [6.45, 7) is 21.6. The standard InChI is InChI=1S/C12H31NO2SSi2/c1-11(2,3)17(7,8)13(16(14)15)18(9,10)12(4,5)6/h1-10H3,(H,14,15)/p-1. The maximum Gasteiger partial charge on any atom is 0.133 e. The summed E-state index contributed by atoms with van der Waals surface area (Å²) in [6, 6.07) is 0. The Kier molecular flexibility index (Phi) is 5.27. The summed E-state index contributed by atoms with van der Waals surface area (Å²) >= 11 is -2.13. The highest BCUT2D eigenvalue weighted by atomic mass is 32.2. The summed E-state index contributed by atoms with van der Waals surface area (Å²) in [5.41, 5.74) is 0. The fraction of sp³-hybridized carbons (Fsp3) is 1.00. The van der Waals surface area contributed by atoms with Crippen LogP contribution in [-0.4, -0.2) is 28.9 Å². The summed E-state index contributed by atoms with van der Waals surface area (Å²) in [7, 11) is -4.12. The van der Waals surface area contributed by atoms with E-state index in [0.29, 0.717) is 0 Å². The number of nitrogens with zero attached hydrogens (tertiary/aromatic N) is 1. The predicted molar refractivity (Wildman–Crippen MR) is 85.2 cm³/mol. The molecule has 0 amide bonds. The molecular formula is C12H30NO2SSi2-. The van der Waals surface area contributed by atoms with Gasteiger partial charge in [0.2, 0.25) is 0 Å². The van der Waals surface area contributed by atoms with Gasteiger partial charge >= 0.3 is 0 Å². The van der Waals surface area contributed by atoms with Crippen LogP contribution in [-0.2, 0) is 11.3 Å². The van der Waals surface area contributed by atoms with Crippen LogP contribution in [0, 0.1) is 0 Å². The van der Waals surface area contributed by atoms with Gasteiger partial charge < -0.3 is 4.55 Å². The van der Waals surface area contributed by atoms with Crippen molar-refractivity contribution in [3.63, 3.8) is 0 Å². The molecule has 110 valence electrons. The van der Waals surface area contributed by atoms with Gasteiger partial charge in [0.1, 0.15) is 16.5 Å². The minimum Gasteiger partial charge on any atom is -0.761 e. The van der Waals surface area contributed by atoms with Crippen molar-refractivity contribution < 1.29 is 8.76 Å². The molecule has 0 spiro atoms. The van der Waals surface area contributed by atoms with Gasteiger partial charge in [0, 0.05) is 11.3 Å². The van der Waals surface area contributed by atoms with Gasteiger partial charge in [0.15, 0.2) is 0 Å². The van der Waals surface area contributed by atoms with Crippen molar-refractivity contribution in [3.05, 3.63) is 0 Å². The first-order valence-electron chi connectivity index (χ1n) is 6.46. The first kappa shape index (κ1) is 18.5. The highest BCUT2D eigenvalue weighted by Gasteiger charge is 2.52. The van der Waals surface area contributed by atoms with E-state index in [-0.39, 0.29) is 10.1 Å². The van der Waals surface area contributed by atoms with Gasteiger partial charge in [-0.3, -0.25) is 7.85 Å². The molecule has 0 rings (SSSR count). The molecule has 0 saturated carbocycles. The van der Waals surface area contributed by atoms with Gasteiger partial charge in [0.25, 0.3) is 0 Å². The monoisotopic (exact) mass is 308 g/mol. The van der Waals surface area contributed by atoms with Crippen molar-refractivity contribution in [2.75, 3.05) is 0 Å². The van der Waals surface area contributed by atoms with Crippen molar-refractivity contribution >= 4 is 27.7 Å². The fourth-order valence-electron chi connectivity index (χ4n) is 1.68. The van der Waals surface area contributed by atoms with E-state index in [2.05, 4.69) is 67.7 Å². The maximum atomic E-state index is 11.9. The Morgan fingerprint density at radius 1 is 0.833 bits per heavy atom. The van der Waals surface area contributed by atoms with Crippen LogP contribution in [0.15, 0.2) is 0 Å². The molecule has 18 heavy (non-hydrogen) atoms. The topological polar surface area (TPSA) is 43.4 Å². The van der Waals surface area contributed by atoms with Crippen molar-refractivity contribution in [2.24, 2.45) is 0 Å². The minimum atomic E-state index is -2.13. The smallest absolute Gasteiger partial charge is 0.133 e. The SMILES string of the molecule is CC(C)(C)[Si](C)(C)N(S(=O)[O-])[Si](C)(C)C(C)(C)C. The van der Waals surface area contributed by atoms with E-state index in [4.69, 9.17) is 0 Å². The van der Waals surface area contributed by atoms with Crippen molar-refractivity contribution in [1.29, 1.82) is 0 Å². The molecule has 0 aliphatic heterocycles. The molecule has 3 nitrogen and oxygen atoms in total. The second kappa shape index (κ2) is 5.12. The van der Waals surface area contributed by atoms with E-state index >= 15 is 0 Å². The second-order valence-electron chi connectivity index (χ2n) is 8.13. The predicted octanol–water partition coefficient (Wildman–Crippen LogP) is 4.09.